The van der Waals surface area contributed by atoms with E-state index in [0.29, 0.717) is 32.1 Å². The van der Waals surface area contributed by atoms with Crippen LogP contribution in [-0.2, 0) is 64.5 Å². The average Bonchev–Trinajstić information content (AvgIpc) is 1.72. The topological polar surface area (TPSA) is 326 Å². The SMILES string of the molecule is C1CCOC1.Clc1ccnc(Cl)n1.O=C1NS(=O)(=O)c2ccccc21.O=S1(=O)NCc2ccccc21.O=S1(=O)c2ccccc2CN1c1ccnc(Cl)n1.O=S1(=O)c2ccccc2CN1c1ccnc(Oc2cccnc2)n1.Oc1cccnc1.[AlH3].[H-].[H-].[Li+].[Na+]. The Hall–Kier alpha value is -6.19. The fourth-order valence-electron chi connectivity index (χ4n) is 7.86. The molecule has 4 aromatic carbocycles. The number of nitrogens with one attached hydrogen (secondary N) is 2. The number of carbonyl (C=O) groups is 1. The van der Waals surface area contributed by atoms with E-state index >= 15 is 0 Å². The number of sulfonamides is 4. The molecular formula is C54H52AlCl3LiN12NaO12S4. The predicted octanol–water partition coefficient (Wildman–Crippen LogP) is 1.23. The van der Waals surface area contributed by atoms with Crippen LogP contribution in [-0.4, -0.2) is 115 Å². The summed E-state index contributed by atoms with van der Waals surface area (Å²) in [6.45, 7) is 2.94. The molecule has 5 aliphatic heterocycles. The number of aromatic hydroxyl groups is 1. The number of hydrogen-bond acceptors (Lipinski definition) is 20. The van der Waals surface area contributed by atoms with Crippen LogP contribution in [0.3, 0.4) is 0 Å². The van der Waals surface area contributed by atoms with Crippen LogP contribution >= 0.6 is 34.8 Å². The molecule has 0 unspecified atom stereocenters. The van der Waals surface area contributed by atoms with Crippen molar-refractivity contribution in [2.75, 3.05) is 21.8 Å². The summed E-state index contributed by atoms with van der Waals surface area (Å²) in [5.74, 6) is 0.682. The summed E-state index contributed by atoms with van der Waals surface area (Å²) in [6, 6.07) is 38.3. The van der Waals surface area contributed by atoms with Gasteiger partial charge in [-0.1, -0.05) is 78.3 Å². The number of aromatic nitrogens is 8. The van der Waals surface area contributed by atoms with Gasteiger partial charge in [0.1, 0.15) is 33.2 Å². The molecule has 0 spiro atoms. The molecule has 5 aliphatic rings. The second-order valence-electron chi connectivity index (χ2n) is 17.5. The standard InChI is InChI=1S/C16H12N4O3S.C11H8ClN3O2S.C7H5NO3S.C7H7NO2S.C5H5NO.C4H2Cl2N2.C4H8O.Al.Li.Na.5H/c21-24(22)14-6-2-1-4-12(14)11-20(24)15-7-9-18-16(19-15)23-13-5-3-8-17-10-13;12-11-13-6-5-10(14-11)15-7-8-3-1-2-4-9(8)18(15,16)17;9-7-5-3-1-2-4-6(5)12(10,11)8-7;9-11(10)7-4-2-1-3-6(7)5-8-11;7-5-2-1-3-6-4-5;5-3-1-2-7-4(6)8-3;1-2-4-5-3-1;;;;;;;;/h1-10H,11H2;1-6H,7H2;1-4H,(H,8,9);1-4,8H,5H2;1-4,7H;1-2H;1-4H2;;;;;;;;/q;;;;;;;;2*+1;;;;2*-1. The van der Waals surface area contributed by atoms with Crippen molar-refractivity contribution < 1.29 is 104 Å². The van der Waals surface area contributed by atoms with Crippen molar-refractivity contribution in [1.82, 2.24) is 49.3 Å². The molecule has 24 nitrogen and oxygen atoms in total. The zero-order valence-electron chi connectivity index (χ0n) is 47.9. The monoisotopic (exact) mass is 1350 g/mol. The number of carbonyl (C=O) groups excluding carboxylic acids is 1. The summed E-state index contributed by atoms with van der Waals surface area (Å²) in [7, 11) is -13.9. The number of nitrogens with zero attached hydrogens (tertiary/aromatic N) is 10. The minimum atomic E-state index is -3.61. The summed E-state index contributed by atoms with van der Waals surface area (Å²) in [6.07, 6.45) is 13.1. The number of ether oxygens (including phenoxy) is 2. The second-order valence-corrected chi connectivity index (χ2v) is 25.6. The molecule has 3 N–H and O–H groups in total. The van der Waals surface area contributed by atoms with Crippen molar-refractivity contribution in [3.8, 4) is 17.5 Å². The molecule has 5 aromatic heterocycles. The maximum Gasteiger partial charge on any atom is 1.00 e. The first-order valence-electron chi connectivity index (χ1n) is 24.9. The third kappa shape index (κ3) is 19.4. The number of amides is 1. The number of halogens is 3. The Balaban J connectivity index is 0.000000287. The first-order valence-corrected chi connectivity index (χ1v) is 31.9. The molecule has 0 bridgehead atoms. The molecule has 450 valence electrons. The van der Waals surface area contributed by atoms with Crippen molar-refractivity contribution in [3.63, 3.8) is 0 Å². The van der Waals surface area contributed by atoms with Gasteiger partial charge >= 0.3 is 54.4 Å². The molecule has 1 saturated heterocycles. The van der Waals surface area contributed by atoms with Gasteiger partial charge in [-0.15, -0.1) is 0 Å². The first-order chi connectivity index (χ1) is 40.7. The quantitative estimate of drug-likeness (QED) is 0.127. The van der Waals surface area contributed by atoms with Crippen molar-refractivity contribution in [2.45, 2.75) is 52.1 Å². The van der Waals surface area contributed by atoms with Crippen molar-refractivity contribution >= 4 is 110 Å². The molecule has 0 aliphatic carbocycles. The molecule has 34 heteroatoms. The summed E-state index contributed by atoms with van der Waals surface area (Å²) in [5, 5.41) is 9.14. The van der Waals surface area contributed by atoms with Gasteiger partial charge in [0.25, 0.3) is 36.0 Å². The number of hydrogen-bond donors (Lipinski definition) is 3. The number of rotatable bonds is 4. The molecule has 88 heavy (non-hydrogen) atoms. The van der Waals surface area contributed by atoms with Crippen LogP contribution in [0.15, 0.2) is 202 Å². The molecule has 9 aromatic rings. The van der Waals surface area contributed by atoms with Gasteiger partial charge in [-0.05, 0) is 113 Å². The van der Waals surface area contributed by atoms with Crippen LogP contribution in [0.2, 0.25) is 15.7 Å². The Morgan fingerprint density at radius 3 is 1.50 bits per heavy atom. The van der Waals surface area contributed by atoms with E-state index in [1.807, 2.05) is 29.0 Å². The Labute approximate surface area is 570 Å². The largest absolute Gasteiger partial charge is 1.00 e. The van der Waals surface area contributed by atoms with E-state index in [0.717, 1.165) is 29.9 Å². The zero-order chi connectivity index (χ0) is 60.6. The van der Waals surface area contributed by atoms with E-state index in [1.165, 1.54) is 70.6 Å². The Bertz CT molecular complexity index is 4280. The van der Waals surface area contributed by atoms with Crippen LogP contribution in [0.25, 0.3) is 0 Å². The molecule has 1 amide bonds. The fourth-order valence-corrected chi connectivity index (χ4v) is 14.0. The molecular weight excluding hydrogens is 1300 g/mol. The second kappa shape index (κ2) is 33.6. The third-order valence-electron chi connectivity index (χ3n) is 11.7. The molecule has 0 radical (unpaired) electrons. The van der Waals surface area contributed by atoms with E-state index < -0.39 is 46.0 Å². The molecule has 1 fully saturated rings. The van der Waals surface area contributed by atoms with Crippen molar-refractivity contribution in [3.05, 3.63) is 221 Å². The van der Waals surface area contributed by atoms with Crippen LogP contribution < -0.4 is 71.2 Å². The summed E-state index contributed by atoms with van der Waals surface area (Å²) in [5.41, 5.74) is 2.57. The minimum absolute atomic E-state index is 0. The van der Waals surface area contributed by atoms with Gasteiger partial charge in [0.05, 0.1) is 45.7 Å². The molecule has 10 heterocycles. The molecule has 14 rings (SSSR count). The number of pyridine rings is 2. The smallest absolute Gasteiger partial charge is 1.00 e. The van der Waals surface area contributed by atoms with Crippen LogP contribution in [0.4, 0.5) is 11.6 Å². The maximum atomic E-state index is 12.7. The van der Waals surface area contributed by atoms with Crippen molar-refractivity contribution in [2.24, 2.45) is 0 Å². The van der Waals surface area contributed by atoms with E-state index in [2.05, 4.69) is 44.6 Å². The van der Waals surface area contributed by atoms with Crippen LogP contribution in [0.5, 0.6) is 17.5 Å². The summed E-state index contributed by atoms with van der Waals surface area (Å²) < 4.78 is 112. The maximum absolute atomic E-state index is 12.7. The normalized spacial score (nSPS) is 15.4. The van der Waals surface area contributed by atoms with Crippen LogP contribution in [0, 0.1) is 0 Å². The first kappa shape index (κ1) is 72.6. The number of fused-ring (bicyclic) bond motifs is 4. The Kier molecular flexibility index (Phi) is 27.7. The summed E-state index contributed by atoms with van der Waals surface area (Å²) in [4.78, 5) is 42.8. The van der Waals surface area contributed by atoms with Gasteiger partial charge in [0, 0.05) is 62.9 Å². The Morgan fingerprint density at radius 1 is 0.545 bits per heavy atom. The van der Waals surface area contributed by atoms with E-state index in [-0.39, 0.29) is 126 Å². The van der Waals surface area contributed by atoms with Gasteiger partial charge in [-0.3, -0.25) is 14.8 Å². The van der Waals surface area contributed by atoms with Crippen molar-refractivity contribution in [1.29, 1.82) is 0 Å². The predicted molar refractivity (Wildman–Crippen MR) is 325 cm³/mol. The molecule has 0 saturated carbocycles. The van der Waals surface area contributed by atoms with Gasteiger partial charge in [0.15, 0.2) is 17.4 Å². The van der Waals surface area contributed by atoms with E-state index in [4.69, 9.17) is 49.4 Å². The zero-order valence-corrected chi connectivity index (χ0v) is 53.5. The number of benzene rings is 4. The van der Waals surface area contributed by atoms with Gasteiger partial charge in [0.2, 0.25) is 20.6 Å². The molecule has 0 atom stereocenters. The summed E-state index contributed by atoms with van der Waals surface area (Å²) >= 11 is 16.4. The van der Waals surface area contributed by atoms with Gasteiger partial charge in [-0.2, -0.15) is 9.97 Å². The number of anilines is 2. The van der Waals surface area contributed by atoms with Crippen LogP contribution in [0.1, 0.15) is 42.7 Å². The fraction of sp³-hybridized carbons (Fsp3) is 0.130. The van der Waals surface area contributed by atoms with E-state index in [1.54, 1.807) is 109 Å². The van der Waals surface area contributed by atoms with Gasteiger partial charge < -0.3 is 17.4 Å². The Morgan fingerprint density at radius 2 is 1.05 bits per heavy atom. The average molecular weight is 1350 g/mol. The third-order valence-corrected chi connectivity index (χ3v) is 18.9. The van der Waals surface area contributed by atoms with E-state index in [9.17, 15) is 38.5 Å². The van der Waals surface area contributed by atoms with Gasteiger partial charge in [-0.25, -0.2) is 71.7 Å². The minimum Gasteiger partial charge on any atom is -1.00 e.